The molecule has 3 heteroatoms. The molecule has 0 nitrogen and oxygen atoms in total. The molecule has 4 aromatic carbocycles. The van der Waals surface area contributed by atoms with Gasteiger partial charge in [0.2, 0.25) is 0 Å². The largest absolute Gasteiger partial charge is 0.147 e. The first-order chi connectivity index (χ1) is 22.4. The Morgan fingerprint density at radius 1 is 0.510 bits per heavy atom. The fourth-order valence-electron chi connectivity index (χ4n) is 10.4. The van der Waals surface area contributed by atoms with Crippen LogP contribution in [0, 0.1) is 24.7 Å². The molecule has 3 aliphatic carbocycles. The number of hydrogen-bond donors (Lipinski definition) is 0. The van der Waals surface area contributed by atoms with Gasteiger partial charge in [0, 0.05) is 0 Å². The van der Waals surface area contributed by atoms with E-state index in [1.165, 1.54) is 70.2 Å². The molecular formula is C46H54Cl2Hf. The fourth-order valence-corrected chi connectivity index (χ4v) is 47.1. The summed E-state index contributed by atoms with van der Waals surface area (Å²) in [6, 6.07) is 33.2. The van der Waals surface area contributed by atoms with E-state index in [-0.39, 0.29) is 35.6 Å². The van der Waals surface area contributed by atoms with Gasteiger partial charge in [0.15, 0.2) is 0 Å². The number of rotatable bonds is 4. The minimum atomic E-state index is -3.36. The minimum Gasteiger partial charge on any atom is -0.147 e. The van der Waals surface area contributed by atoms with Gasteiger partial charge in [0.05, 0.1) is 0 Å². The zero-order valence-corrected chi connectivity index (χ0v) is 35.9. The van der Waals surface area contributed by atoms with Crippen LogP contribution in [0.15, 0.2) is 96.1 Å². The Bertz CT molecular complexity index is 1790. The predicted octanol–water partition coefficient (Wildman–Crippen LogP) is 14.5. The van der Waals surface area contributed by atoms with Crippen molar-refractivity contribution in [3.8, 4) is 22.3 Å². The fraction of sp³-hybridized carbons (Fsp3) is 0.391. The summed E-state index contributed by atoms with van der Waals surface area (Å²) in [6.45, 7) is 19.5. The zero-order chi connectivity index (χ0) is 32.9. The van der Waals surface area contributed by atoms with Gasteiger partial charge < -0.3 is 0 Å². The number of aryl methyl sites for hydroxylation is 2. The first-order valence-electron chi connectivity index (χ1n) is 18.2. The SMILES string of the molecule is Cc1ccc(-c2cccc3c2C=C(C(C)(C)C)[CH]3[Hf]2([CH]3C(C(C)(C)C)=Cc4c(-c5ccc(C)cc5)cccc43)[CH]3CCCC[CH]32)cc1.Cl.Cl. The molecule has 0 amide bonds. The molecule has 1 saturated carbocycles. The third-order valence-electron chi connectivity index (χ3n) is 12.5. The molecular weight excluding hydrogens is 802 g/mol. The Hall–Kier alpha value is -2.19. The summed E-state index contributed by atoms with van der Waals surface area (Å²) in [6.07, 6.45) is 11.2. The molecule has 0 N–H and O–H groups in total. The maximum Gasteiger partial charge on any atom is -0.147 e. The molecule has 8 rings (SSSR count). The van der Waals surface area contributed by atoms with Crippen molar-refractivity contribution in [2.24, 2.45) is 10.8 Å². The Kier molecular flexibility index (Phi) is 9.78. The molecule has 256 valence electrons. The van der Waals surface area contributed by atoms with Gasteiger partial charge in [0.25, 0.3) is 0 Å². The molecule has 2 fully saturated rings. The summed E-state index contributed by atoms with van der Waals surface area (Å²) in [7, 11) is 0. The number of benzene rings is 4. The molecule has 0 spiro atoms. The van der Waals surface area contributed by atoms with Gasteiger partial charge in [0.1, 0.15) is 0 Å². The Balaban J connectivity index is 0.00000208. The molecule has 49 heavy (non-hydrogen) atoms. The third kappa shape index (κ3) is 5.83. The summed E-state index contributed by atoms with van der Waals surface area (Å²) in [5.41, 5.74) is 18.4. The average Bonchev–Trinajstić information content (AvgIpc) is 3.31. The predicted molar refractivity (Wildman–Crippen MR) is 214 cm³/mol. The number of allylic oxidation sites excluding steroid dienone is 2. The second kappa shape index (κ2) is 13.1. The standard InChI is InChI=1S/2C20H21.C6H10.2ClH.Hf/c2*1-14-8-10-15(11-9-14)18-7-5-6-16-12-17(13-19(16)18)20(2,3)4;1-2-4-6-5-3-1;;;/h2*5-13H,1-4H3;1-2H,3-6H2;2*1H;. The van der Waals surface area contributed by atoms with E-state index in [1.54, 1.807) is 22.3 Å². The maximum absolute atomic E-state index is 3.36. The Labute approximate surface area is 313 Å². The van der Waals surface area contributed by atoms with E-state index in [0.29, 0.717) is 7.35 Å². The molecule has 0 aromatic heterocycles. The van der Waals surface area contributed by atoms with Gasteiger partial charge in [-0.15, -0.1) is 24.8 Å². The van der Waals surface area contributed by atoms with Crippen molar-refractivity contribution >= 4 is 37.0 Å². The van der Waals surface area contributed by atoms with E-state index < -0.39 is 20.0 Å². The number of hydrogen-bond acceptors (Lipinski definition) is 0. The van der Waals surface area contributed by atoms with Crippen molar-refractivity contribution in [3.05, 3.63) is 129 Å². The molecule has 1 aliphatic heterocycles. The molecule has 0 bridgehead atoms. The van der Waals surface area contributed by atoms with Gasteiger partial charge in [-0.3, -0.25) is 0 Å². The van der Waals surface area contributed by atoms with Crippen molar-refractivity contribution in [1.82, 2.24) is 0 Å². The summed E-state index contributed by atoms with van der Waals surface area (Å²) in [5, 5.41) is 0. The van der Waals surface area contributed by atoms with Crippen molar-refractivity contribution < 1.29 is 20.0 Å². The summed E-state index contributed by atoms with van der Waals surface area (Å²) >= 11 is -3.36. The van der Waals surface area contributed by atoms with Crippen molar-refractivity contribution in [2.45, 2.75) is 95.8 Å². The van der Waals surface area contributed by atoms with Crippen molar-refractivity contribution in [3.63, 3.8) is 0 Å². The molecule has 4 atom stereocenters. The summed E-state index contributed by atoms with van der Waals surface area (Å²) in [4.78, 5) is 0. The normalized spacial score (nSPS) is 25.2. The van der Waals surface area contributed by atoms with Crippen LogP contribution in [0.5, 0.6) is 0 Å². The van der Waals surface area contributed by atoms with E-state index >= 15 is 0 Å². The molecule has 1 saturated heterocycles. The second-order valence-corrected chi connectivity index (χ2v) is 34.1. The van der Waals surface area contributed by atoms with Crippen LogP contribution in [0.25, 0.3) is 34.4 Å². The summed E-state index contributed by atoms with van der Waals surface area (Å²) < 4.78 is 3.23. The van der Waals surface area contributed by atoms with Gasteiger partial charge in [-0.1, -0.05) is 0 Å². The van der Waals surface area contributed by atoms with Gasteiger partial charge in [-0.25, -0.2) is 0 Å². The van der Waals surface area contributed by atoms with E-state index in [1.807, 2.05) is 0 Å². The molecule has 4 aromatic rings. The monoisotopic (exact) mass is 856 g/mol. The summed E-state index contributed by atoms with van der Waals surface area (Å²) in [5.74, 6) is 0. The first kappa shape index (κ1) is 36.6. The zero-order valence-electron chi connectivity index (χ0n) is 30.7. The van der Waals surface area contributed by atoms with Crippen LogP contribution in [0.1, 0.15) is 108 Å². The van der Waals surface area contributed by atoms with Crippen LogP contribution in [0.2, 0.25) is 7.35 Å². The van der Waals surface area contributed by atoms with Crippen molar-refractivity contribution in [2.75, 3.05) is 0 Å². The quantitative estimate of drug-likeness (QED) is 0.179. The molecule has 4 aliphatic rings. The smallest absolute Gasteiger partial charge is 0.147 e. The first-order valence-corrected chi connectivity index (χ1v) is 26.5. The number of halogens is 2. The van der Waals surface area contributed by atoms with E-state index in [4.69, 9.17) is 0 Å². The van der Waals surface area contributed by atoms with Crippen LogP contribution in [0.3, 0.4) is 0 Å². The minimum absolute atomic E-state index is 0. The van der Waals surface area contributed by atoms with E-state index in [2.05, 4.69) is 152 Å². The van der Waals surface area contributed by atoms with E-state index in [9.17, 15) is 0 Å². The van der Waals surface area contributed by atoms with Crippen LogP contribution in [0.4, 0.5) is 0 Å². The van der Waals surface area contributed by atoms with Crippen LogP contribution >= 0.6 is 24.8 Å². The molecule has 4 unspecified atom stereocenters. The van der Waals surface area contributed by atoms with Crippen LogP contribution < -0.4 is 0 Å². The van der Waals surface area contributed by atoms with Gasteiger partial charge >= 0.3 is 290 Å². The van der Waals surface area contributed by atoms with Gasteiger partial charge in [-0.05, 0) is 0 Å². The van der Waals surface area contributed by atoms with Crippen molar-refractivity contribution in [1.29, 1.82) is 0 Å². The van der Waals surface area contributed by atoms with E-state index in [0.717, 1.165) is 7.35 Å². The second-order valence-electron chi connectivity index (χ2n) is 17.4. The Morgan fingerprint density at radius 2 is 0.878 bits per heavy atom. The maximum atomic E-state index is 2.71. The molecule has 1 heterocycles. The molecule has 0 radical (unpaired) electrons. The Morgan fingerprint density at radius 3 is 1.22 bits per heavy atom. The van der Waals surface area contributed by atoms with Crippen LogP contribution in [-0.4, -0.2) is 0 Å². The van der Waals surface area contributed by atoms with Crippen LogP contribution in [-0.2, 0) is 20.0 Å². The number of fused-ring (bicyclic) bond motifs is 3. The average molecular weight is 856 g/mol. The third-order valence-corrected chi connectivity index (χ3v) is 37.0. The van der Waals surface area contributed by atoms with Gasteiger partial charge in [-0.2, -0.15) is 0 Å². The topological polar surface area (TPSA) is 0 Å².